The molecule has 0 aliphatic carbocycles. The molecule has 3 aromatic carbocycles. The van der Waals surface area contributed by atoms with Crippen LogP contribution in [0.25, 0.3) is 22.3 Å². The van der Waals surface area contributed by atoms with Gasteiger partial charge in [-0.1, -0.05) is 23.7 Å². The van der Waals surface area contributed by atoms with Gasteiger partial charge in [-0.3, -0.25) is 0 Å². The van der Waals surface area contributed by atoms with Gasteiger partial charge in [-0.05, 0) is 60.7 Å². The zero-order valence-electron chi connectivity index (χ0n) is 15.4. The molecule has 0 fully saturated rings. The molecule has 1 N–H and O–H groups in total. The highest BCUT2D eigenvalue weighted by Gasteiger charge is 2.10. The highest BCUT2D eigenvalue weighted by molar-refractivity contribution is 6.30. The summed E-state index contributed by atoms with van der Waals surface area (Å²) in [5.41, 5.74) is 3.00. The van der Waals surface area contributed by atoms with E-state index in [2.05, 4.69) is 10.3 Å². The van der Waals surface area contributed by atoms with Gasteiger partial charge in [0.2, 0.25) is 0 Å². The predicted molar refractivity (Wildman–Crippen MR) is 118 cm³/mol. The van der Waals surface area contributed by atoms with Crippen LogP contribution in [0.15, 0.2) is 72.8 Å². The van der Waals surface area contributed by atoms with Crippen LogP contribution in [0, 0.1) is 0 Å². The Morgan fingerprint density at radius 1 is 0.931 bits per heavy atom. The van der Waals surface area contributed by atoms with E-state index >= 15 is 0 Å². The van der Waals surface area contributed by atoms with E-state index in [1.54, 1.807) is 12.1 Å². The van der Waals surface area contributed by atoms with Crippen LogP contribution in [-0.4, -0.2) is 23.0 Å². The van der Waals surface area contributed by atoms with Gasteiger partial charge < -0.3 is 10.1 Å². The third kappa shape index (κ3) is 4.47. The van der Waals surface area contributed by atoms with E-state index in [-0.39, 0.29) is 18.4 Å². The SMILES string of the molecule is COC(=O)c1ccc(Nc2nc(-c3ccc(Cl)cc3)nc3ccccc23)cc1.Cl. The molecule has 29 heavy (non-hydrogen) atoms. The maximum atomic E-state index is 11.6. The summed E-state index contributed by atoms with van der Waals surface area (Å²) in [4.78, 5) is 21.0. The number of carbonyl (C=O) groups excluding carboxylic acids is 1. The molecule has 0 amide bonds. The number of anilines is 2. The molecule has 4 aromatic rings. The van der Waals surface area contributed by atoms with E-state index in [0.29, 0.717) is 22.2 Å². The normalized spacial score (nSPS) is 10.3. The Bertz CT molecular complexity index is 1150. The minimum Gasteiger partial charge on any atom is -0.465 e. The van der Waals surface area contributed by atoms with E-state index in [9.17, 15) is 4.79 Å². The number of para-hydroxylation sites is 1. The van der Waals surface area contributed by atoms with Gasteiger partial charge in [-0.15, -0.1) is 12.4 Å². The Morgan fingerprint density at radius 2 is 1.62 bits per heavy atom. The molecule has 1 aromatic heterocycles. The third-order valence-electron chi connectivity index (χ3n) is 4.27. The van der Waals surface area contributed by atoms with Gasteiger partial charge in [0.15, 0.2) is 5.82 Å². The van der Waals surface area contributed by atoms with Crippen molar-refractivity contribution in [2.24, 2.45) is 0 Å². The molecule has 0 unspecified atom stereocenters. The van der Waals surface area contributed by atoms with Crippen molar-refractivity contribution in [1.29, 1.82) is 0 Å². The lowest BCUT2D eigenvalue weighted by Crippen LogP contribution is -2.02. The number of hydrogen-bond acceptors (Lipinski definition) is 5. The maximum absolute atomic E-state index is 11.6. The van der Waals surface area contributed by atoms with Crippen LogP contribution in [0.2, 0.25) is 5.02 Å². The average Bonchev–Trinajstić information content (AvgIpc) is 2.74. The second-order valence-corrected chi connectivity index (χ2v) is 6.55. The molecule has 7 heteroatoms. The van der Waals surface area contributed by atoms with Gasteiger partial charge in [-0.25, -0.2) is 14.8 Å². The van der Waals surface area contributed by atoms with Crippen LogP contribution in [-0.2, 0) is 4.74 Å². The van der Waals surface area contributed by atoms with Crippen molar-refractivity contribution in [2.45, 2.75) is 0 Å². The Balaban J connectivity index is 0.00000240. The molecular weight excluding hydrogens is 409 g/mol. The largest absolute Gasteiger partial charge is 0.465 e. The van der Waals surface area contributed by atoms with E-state index in [4.69, 9.17) is 21.3 Å². The number of fused-ring (bicyclic) bond motifs is 1. The van der Waals surface area contributed by atoms with Crippen LogP contribution in [0.5, 0.6) is 0 Å². The van der Waals surface area contributed by atoms with Crippen molar-refractivity contribution in [3.8, 4) is 11.4 Å². The van der Waals surface area contributed by atoms with Crippen molar-refractivity contribution in [2.75, 3.05) is 12.4 Å². The van der Waals surface area contributed by atoms with Crippen LogP contribution in [0.4, 0.5) is 11.5 Å². The summed E-state index contributed by atoms with van der Waals surface area (Å²) < 4.78 is 4.74. The molecule has 4 rings (SSSR count). The van der Waals surface area contributed by atoms with Crippen LogP contribution >= 0.6 is 24.0 Å². The zero-order chi connectivity index (χ0) is 19.5. The van der Waals surface area contributed by atoms with Crippen molar-refractivity contribution < 1.29 is 9.53 Å². The fourth-order valence-corrected chi connectivity index (χ4v) is 2.97. The number of nitrogens with zero attached hydrogens (tertiary/aromatic N) is 2. The first-order chi connectivity index (χ1) is 13.6. The van der Waals surface area contributed by atoms with Crippen molar-refractivity contribution in [3.63, 3.8) is 0 Å². The van der Waals surface area contributed by atoms with Crippen LogP contribution in [0.1, 0.15) is 10.4 Å². The van der Waals surface area contributed by atoms with Gasteiger partial charge >= 0.3 is 5.97 Å². The van der Waals surface area contributed by atoms with E-state index < -0.39 is 0 Å². The lowest BCUT2D eigenvalue weighted by molar-refractivity contribution is 0.0601. The number of carbonyl (C=O) groups is 1. The van der Waals surface area contributed by atoms with Crippen molar-refractivity contribution in [3.05, 3.63) is 83.4 Å². The number of hydrogen-bond donors (Lipinski definition) is 1. The first-order valence-electron chi connectivity index (χ1n) is 8.62. The molecule has 0 radical (unpaired) electrons. The molecule has 0 saturated carbocycles. The summed E-state index contributed by atoms with van der Waals surface area (Å²) in [6.45, 7) is 0. The minimum atomic E-state index is -0.371. The Hall–Kier alpha value is -3.15. The molecule has 1 heterocycles. The Labute approximate surface area is 179 Å². The van der Waals surface area contributed by atoms with Crippen LogP contribution in [0.3, 0.4) is 0 Å². The number of benzene rings is 3. The summed E-state index contributed by atoms with van der Waals surface area (Å²) in [6, 6.07) is 22.2. The Morgan fingerprint density at radius 3 is 2.31 bits per heavy atom. The lowest BCUT2D eigenvalue weighted by Gasteiger charge is -2.11. The number of nitrogens with one attached hydrogen (secondary N) is 1. The summed E-state index contributed by atoms with van der Waals surface area (Å²) in [7, 11) is 1.36. The number of halogens is 2. The van der Waals surface area contributed by atoms with Gasteiger partial charge in [-0.2, -0.15) is 0 Å². The smallest absolute Gasteiger partial charge is 0.337 e. The zero-order valence-corrected chi connectivity index (χ0v) is 17.0. The molecule has 0 bridgehead atoms. The number of rotatable bonds is 4. The second-order valence-electron chi connectivity index (χ2n) is 6.11. The Kier molecular flexibility index (Phi) is 6.32. The number of esters is 1. The summed E-state index contributed by atoms with van der Waals surface area (Å²) >= 11 is 5.99. The minimum absolute atomic E-state index is 0. The van der Waals surface area contributed by atoms with Gasteiger partial charge in [0.05, 0.1) is 18.2 Å². The summed E-state index contributed by atoms with van der Waals surface area (Å²) in [6.07, 6.45) is 0. The number of aromatic nitrogens is 2. The molecule has 0 atom stereocenters. The van der Waals surface area contributed by atoms with Gasteiger partial charge in [0.25, 0.3) is 0 Å². The molecule has 0 aliphatic heterocycles. The highest BCUT2D eigenvalue weighted by Crippen LogP contribution is 2.28. The summed E-state index contributed by atoms with van der Waals surface area (Å²) in [5.74, 6) is 0.912. The van der Waals surface area contributed by atoms with Crippen molar-refractivity contribution in [1.82, 2.24) is 9.97 Å². The van der Waals surface area contributed by atoms with Crippen molar-refractivity contribution >= 4 is 52.4 Å². The van der Waals surface area contributed by atoms with E-state index in [0.717, 1.165) is 22.2 Å². The first kappa shape index (κ1) is 20.6. The molecular formula is C22H17Cl2N3O2. The monoisotopic (exact) mass is 425 g/mol. The molecule has 146 valence electrons. The number of ether oxygens (including phenoxy) is 1. The van der Waals surface area contributed by atoms with Crippen LogP contribution < -0.4 is 5.32 Å². The topological polar surface area (TPSA) is 64.1 Å². The first-order valence-corrected chi connectivity index (χ1v) is 9.00. The maximum Gasteiger partial charge on any atom is 0.337 e. The van der Waals surface area contributed by atoms with E-state index in [1.807, 2.05) is 60.7 Å². The highest BCUT2D eigenvalue weighted by atomic mass is 35.5. The average molecular weight is 426 g/mol. The predicted octanol–water partition coefficient (Wildman–Crippen LogP) is 5.90. The quantitative estimate of drug-likeness (QED) is 0.412. The van der Waals surface area contributed by atoms with Gasteiger partial charge in [0.1, 0.15) is 5.82 Å². The third-order valence-corrected chi connectivity index (χ3v) is 4.53. The molecule has 5 nitrogen and oxygen atoms in total. The number of methoxy groups -OCH3 is 1. The van der Waals surface area contributed by atoms with Gasteiger partial charge in [0, 0.05) is 21.7 Å². The fourth-order valence-electron chi connectivity index (χ4n) is 2.84. The fraction of sp³-hybridized carbons (Fsp3) is 0.0455. The van der Waals surface area contributed by atoms with E-state index in [1.165, 1.54) is 7.11 Å². The lowest BCUT2D eigenvalue weighted by atomic mass is 10.1. The molecule has 0 spiro atoms. The summed E-state index contributed by atoms with van der Waals surface area (Å²) in [5, 5.41) is 4.88. The molecule has 0 aliphatic rings. The molecule has 0 saturated heterocycles. The second kappa shape index (κ2) is 8.90. The standard InChI is InChI=1S/C22H16ClN3O2.ClH/c1-28-22(27)15-8-12-17(13-9-15)24-21-18-4-2-3-5-19(18)25-20(26-21)14-6-10-16(23)11-7-14;/h2-13H,1H3,(H,24,25,26);1H.